The number of carbonyl (C=O) groups excluding carboxylic acids is 1. The second kappa shape index (κ2) is 9.50. The predicted octanol–water partition coefficient (Wildman–Crippen LogP) is 3.65. The van der Waals surface area contributed by atoms with Crippen molar-refractivity contribution in [2.45, 2.75) is 43.5 Å². The Morgan fingerprint density at radius 3 is 2.23 bits per heavy atom. The fourth-order valence-corrected chi connectivity index (χ4v) is 3.48. The Labute approximate surface area is 155 Å². The molecule has 0 saturated carbocycles. The summed E-state index contributed by atoms with van der Waals surface area (Å²) in [5, 5.41) is 3.08. The molecule has 0 saturated heterocycles. The first-order valence-corrected chi connectivity index (χ1v) is 10.4. The molecule has 0 fully saturated rings. The van der Waals surface area contributed by atoms with E-state index in [0.717, 1.165) is 31.2 Å². The number of sulfonamides is 1. The lowest BCUT2D eigenvalue weighted by atomic mass is 10.00. The molecule has 2 N–H and O–H groups in total. The Balaban J connectivity index is 2.13. The zero-order valence-electron chi connectivity index (χ0n) is 15.2. The molecule has 0 aliphatic rings. The molecule has 140 valence electrons. The van der Waals surface area contributed by atoms with Crippen LogP contribution >= 0.6 is 0 Å². The summed E-state index contributed by atoms with van der Waals surface area (Å²) in [6, 6.07) is 15.8. The standard InChI is InChI=1S/C20H26N2O3S/c1-3-4-6-11-19(16-9-7-5-8-10-16)22-20(23)17-12-14-18(15-13-17)26(24,25)21-2/h5,7-10,12-15,19,21H,3-4,6,11H2,1-2H3,(H,22,23). The third-order valence-corrected chi connectivity index (χ3v) is 5.73. The van der Waals surface area contributed by atoms with Gasteiger partial charge in [0.25, 0.3) is 5.91 Å². The lowest BCUT2D eigenvalue weighted by Gasteiger charge is -2.19. The van der Waals surface area contributed by atoms with Gasteiger partial charge in [-0.2, -0.15) is 0 Å². The maximum absolute atomic E-state index is 12.6. The number of carbonyl (C=O) groups is 1. The molecule has 0 aliphatic heterocycles. The molecule has 2 rings (SSSR count). The predicted molar refractivity (Wildman–Crippen MR) is 103 cm³/mol. The van der Waals surface area contributed by atoms with E-state index in [2.05, 4.69) is 17.0 Å². The van der Waals surface area contributed by atoms with Crippen molar-refractivity contribution in [1.82, 2.24) is 10.0 Å². The molecule has 2 aromatic carbocycles. The minimum Gasteiger partial charge on any atom is -0.345 e. The van der Waals surface area contributed by atoms with Crippen molar-refractivity contribution >= 4 is 15.9 Å². The molecule has 0 aromatic heterocycles. The zero-order valence-corrected chi connectivity index (χ0v) is 16.1. The number of unbranched alkanes of at least 4 members (excludes halogenated alkanes) is 2. The number of benzene rings is 2. The molecular weight excluding hydrogens is 348 g/mol. The highest BCUT2D eigenvalue weighted by Crippen LogP contribution is 2.21. The maximum Gasteiger partial charge on any atom is 0.251 e. The van der Waals surface area contributed by atoms with Crippen LogP contribution in [0.4, 0.5) is 0 Å². The topological polar surface area (TPSA) is 75.3 Å². The number of rotatable bonds is 9. The van der Waals surface area contributed by atoms with Crippen LogP contribution in [0.3, 0.4) is 0 Å². The molecule has 26 heavy (non-hydrogen) atoms. The van der Waals surface area contributed by atoms with E-state index in [0.29, 0.717) is 5.56 Å². The minimum atomic E-state index is -3.50. The van der Waals surface area contributed by atoms with Crippen LogP contribution < -0.4 is 10.0 Å². The highest BCUT2D eigenvalue weighted by Gasteiger charge is 2.17. The smallest absolute Gasteiger partial charge is 0.251 e. The van der Waals surface area contributed by atoms with Crippen LogP contribution in [-0.4, -0.2) is 21.4 Å². The van der Waals surface area contributed by atoms with Crippen LogP contribution in [0.5, 0.6) is 0 Å². The van der Waals surface area contributed by atoms with Gasteiger partial charge in [0, 0.05) is 5.56 Å². The van der Waals surface area contributed by atoms with Gasteiger partial charge in [-0.25, -0.2) is 13.1 Å². The summed E-state index contributed by atoms with van der Waals surface area (Å²) in [7, 11) is -2.15. The first-order valence-electron chi connectivity index (χ1n) is 8.87. The SMILES string of the molecule is CCCCCC(NC(=O)c1ccc(S(=O)(=O)NC)cc1)c1ccccc1. The Bertz CT molecular complexity index is 803. The van der Waals surface area contributed by atoms with Gasteiger partial charge >= 0.3 is 0 Å². The van der Waals surface area contributed by atoms with Crippen molar-refractivity contribution in [3.63, 3.8) is 0 Å². The summed E-state index contributed by atoms with van der Waals surface area (Å²) in [6.45, 7) is 2.15. The van der Waals surface area contributed by atoms with Crippen molar-refractivity contribution in [2.75, 3.05) is 7.05 Å². The van der Waals surface area contributed by atoms with Crippen LogP contribution in [0.15, 0.2) is 59.5 Å². The van der Waals surface area contributed by atoms with E-state index in [4.69, 9.17) is 0 Å². The first-order chi connectivity index (χ1) is 12.5. The second-order valence-corrected chi connectivity index (χ2v) is 8.05. The van der Waals surface area contributed by atoms with Crippen LogP contribution in [0.2, 0.25) is 0 Å². The van der Waals surface area contributed by atoms with Crippen LogP contribution in [0.25, 0.3) is 0 Å². The molecule has 1 atom stereocenters. The van der Waals surface area contributed by atoms with Gasteiger partial charge in [0.15, 0.2) is 0 Å². The molecule has 1 unspecified atom stereocenters. The van der Waals surface area contributed by atoms with Gasteiger partial charge in [-0.05, 0) is 43.3 Å². The van der Waals surface area contributed by atoms with E-state index in [9.17, 15) is 13.2 Å². The quantitative estimate of drug-likeness (QED) is 0.658. The fourth-order valence-electron chi connectivity index (χ4n) is 2.75. The number of hydrogen-bond donors (Lipinski definition) is 2. The van der Waals surface area contributed by atoms with Crippen molar-refractivity contribution < 1.29 is 13.2 Å². The molecule has 6 heteroatoms. The van der Waals surface area contributed by atoms with Crippen LogP contribution in [0, 0.1) is 0 Å². The summed E-state index contributed by atoms with van der Waals surface area (Å²) in [5.41, 5.74) is 1.52. The average molecular weight is 375 g/mol. The summed E-state index contributed by atoms with van der Waals surface area (Å²) in [4.78, 5) is 12.8. The minimum absolute atomic E-state index is 0.0593. The number of nitrogens with one attached hydrogen (secondary N) is 2. The highest BCUT2D eigenvalue weighted by atomic mass is 32.2. The van der Waals surface area contributed by atoms with Gasteiger partial charge < -0.3 is 5.32 Å². The average Bonchev–Trinajstić information content (AvgIpc) is 2.68. The molecule has 2 aromatic rings. The van der Waals surface area contributed by atoms with Gasteiger partial charge in [-0.1, -0.05) is 56.5 Å². The summed E-state index contributed by atoms with van der Waals surface area (Å²) in [6.07, 6.45) is 4.15. The lowest BCUT2D eigenvalue weighted by Crippen LogP contribution is -2.28. The molecular formula is C20H26N2O3S. The van der Waals surface area contributed by atoms with Crippen molar-refractivity contribution in [3.8, 4) is 0 Å². The molecule has 0 heterocycles. The molecule has 0 bridgehead atoms. The Morgan fingerprint density at radius 1 is 1.00 bits per heavy atom. The van der Waals surface area contributed by atoms with Gasteiger partial charge in [-0.15, -0.1) is 0 Å². The van der Waals surface area contributed by atoms with Gasteiger partial charge in [0.1, 0.15) is 0 Å². The molecule has 0 spiro atoms. The third-order valence-electron chi connectivity index (χ3n) is 4.30. The van der Waals surface area contributed by atoms with Gasteiger partial charge in [0.05, 0.1) is 10.9 Å². The second-order valence-electron chi connectivity index (χ2n) is 6.16. The molecule has 1 amide bonds. The largest absolute Gasteiger partial charge is 0.345 e. The van der Waals surface area contributed by atoms with E-state index in [1.807, 2.05) is 30.3 Å². The van der Waals surface area contributed by atoms with Crippen LogP contribution in [0.1, 0.15) is 54.6 Å². The van der Waals surface area contributed by atoms with Gasteiger partial charge in [-0.3, -0.25) is 4.79 Å². The monoisotopic (exact) mass is 374 g/mol. The van der Waals surface area contributed by atoms with E-state index >= 15 is 0 Å². The van der Waals surface area contributed by atoms with E-state index < -0.39 is 10.0 Å². The lowest BCUT2D eigenvalue weighted by molar-refractivity contribution is 0.0934. The van der Waals surface area contributed by atoms with Crippen molar-refractivity contribution in [3.05, 3.63) is 65.7 Å². The highest BCUT2D eigenvalue weighted by molar-refractivity contribution is 7.89. The fraction of sp³-hybridized carbons (Fsp3) is 0.350. The summed E-state index contributed by atoms with van der Waals surface area (Å²) >= 11 is 0. The normalized spacial score (nSPS) is 12.5. The maximum atomic E-state index is 12.6. The Hall–Kier alpha value is -2.18. The zero-order chi connectivity index (χ0) is 19.0. The van der Waals surface area contributed by atoms with E-state index in [1.165, 1.54) is 31.3 Å². The molecule has 0 aliphatic carbocycles. The third kappa shape index (κ3) is 5.41. The van der Waals surface area contributed by atoms with E-state index in [1.54, 1.807) is 0 Å². The number of amides is 1. The van der Waals surface area contributed by atoms with Crippen molar-refractivity contribution in [1.29, 1.82) is 0 Å². The molecule has 0 radical (unpaired) electrons. The molecule has 5 nitrogen and oxygen atoms in total. The van der Waals surface area contributed by atoms with Crippen molar-refractivity contribution in [2.24, 2.45) is 0 Å². The number of hydrogen-bond acceptors (Lipinski definition) is 3. The Kier molecular flexibility index (Phi) is 7.36. The summed E-state index contributed by atoms with van der Waals surface area (Å²) < 4.78 is 25.8. The van der Waals surface area contributed by atoms with E-state index in [-0.39, 0.29) is 16.8 Å². The van der Waals surface area contributed by atoms with Gasteiger partial charge in [0.2, 0.25) is 10.0 Å². The van der Waals surface area contributed by atoms with Crippen LogP contribution in [-0.2, 0) is 10.0 Å². The Morgan fingerprint density at radius 2 is 1.65 bits per heavy atom. The first kappa shape index (κ1) is 20.1. The summed E-state index contributed by atoms with van der Waals surface area (Å²) in [5.74, 6) is -0.205.